The van der Waals surface area contributed by atoms with Crippen molar-refractivity contribution in [3.63, 3.8) is 0 Å². The predicted octanol–water partition coefficient (Wildman–Crippen LogP) is 5.46. The van der Waals surface area contributed by atoms with Gasteiger partial charge >= 0.3 is 0 Å². The molecule has 1 aliphatic heterocycles. The fourth-order valence-electron chi connectivity index (χ4n) is 4.15. The molecule has 0 amide bonds. The van der Waals surface area contributed by atoms with Gasteiger partial charge < -0.3 is 5.32 Å². The van der Waals surface area contributed by atoms with Crippen molar-refractivity contribution in [3.8, 4) is 0 Å². The first-order valence-corrected chi connectivity index (χ1v) is 12.6. The number of allylic oxidation sites excluding steroid dienone is 1. The number of halogens is 1. The predicted molar refractivity (Wildman–Crippen MR) is 136 cm³/mol. The summed E-state index contributed by atoms with van der Waals surface area (Å²) in [5.41, 5.74) is 7.31. The third kappa shape index (κ3) is 4.49. The van der Waals surface area contributed by atoms with Gasteiger partial charge in [0.25, 0.3) is 0 Å². The molecule has 0 bridgehead atoms. The summed E-state index contributed by atoms with van der Waals surface area (Å²) in [5, 5.41) is 5.63. The fraction of sp³-hybridized carbons (Fsp3) is 0.154. The van der Waals surface area contributed by atoms with Crippen molar-refractivity contribution in [1.29, 1.82) is 0 Å². The molecule has 7 heteroatoms. The van der Waals surface area contributed by atoms with Crippen molar-refractivity contribution in [2.75, 3.05) is 11.2 Å². The van der Waals surface area contributed by atoms with Crippen molar-refractivity contribution < 1.29 is 8.42 Å². The molecular weight excluding hydrogens is 454 g/mol. The van der Waals surface area contributed by atoms with Crippen LogP contribution in [0.5, 0.6) is 0 Å². The van der Waals surface area contributed by atoms with Crippen molar-refractivity contribution in [2.24, 2.45) is 0 Å². The minimum absolute atomic E-state index is 0.185. The van der Waals surface area contributed by atoms with Crippen LogP contribution in [0.15, 0.2) is 103 Å². The van der Waals surface area contributed by atoms with Gasteiger partial charge in [-0.1, -0.05) is 84.4 Å². The van der Waals surface area contributed by atoms with Crippen LogP contribution in [-0.2, 0) is 16.3 Å². The zero-order valence-electron chi connectivity index (χ0n) is 18.3. The number of hydrogen-bond donors (Lipinski definition) is 2. The second kappa shape index (κ2) is 9.33. The van der Waals surface area contributed by atoms with E-state index in [0.29, 0.717) is 10.7 Å². The van der Waals surface area contributed by atoms with Gasteiger partial charge in [0.2, 0.25) is 4.99 Å². The Kier molecular flexibility index (Phi) is 6.49. The average Bonchev–Trinajstić information content (AvgIpc) is 3.07. The minimum Gasteiger partial charge on any atom is -0.350 e. The van der Waals surface area contributed by atoms with Crippen LogP contribution in [0.2, 0.25) is 5.02 Å². The maximum Gasteiger partial charge on any atom is 0.236 e. The Hall–Kier alpha value is -3.22. The molecule has 170 valence electrons. The molecule has 0 saturated carbocycles. The normalized spacial score (nSPS) is 18.2. The molecule has 4 rings (SSSR count). The largest absolute Gasteiger partial charge is 0.350 e. The zero-order valence-corrected chi connectivity index (χ0v) is 19.9. The standard InChI is InChI=1S/C26H26ClN3O2S/c1-3-17-33(31,32)26(19-21-11-6-4-7-12-21)28-20(2)25(22-13-8-5-9-14-22)30(26)29-24-16-10-15-23(27)18-24/h3-16,18,28-29H,1,17,19H2,2H3. The summed E-state index contributed by atoms with van der Waals surface area (Å²) >= 11 is 6.24. The Bertz CT molecular complexity index is 1280. The topological polar surface area (TPSA) is 61.4 Å². The number of benzene rings is 3. The number of hydrogen-bond acceptors (Lipinski definition) is 5. The maximum atomic E-state index is 13.9. The molecule has 5 nitrogen and oxygen atoms in total. The van der Waals surface area contributed by atoms with Crippen molar-refractivity contribution in [3.05, 3.63) is 119 Å². The Morgan fingerprint density at radius 2 is 1.70 bits per heavy atom. The molecular formula is C26H26ClN3O2S. The van der Waals surface area contributed by atoms with E-state index >= 15 is 0 Å². The van der Waals surface area contributed by atoms with Gasteiger partial charge in [0.05, 0.1) is 17.1 Å². The molecule has 0 fully saturated rings. The molecule has 3 aromatic rings. The molecule has 2 N–H and O–H groups in total. The quantitative estimate of drug-likeness (QED) is 0.420. The Morgan fingerprint density at radius 3 is 2.33 bits per heavy atom. The molecule has 0 aliphatic carbocycles. The third-order valence-corrected chi connectivity index (χ3v) is 7.94. The molecule has 1 heterocycles. The van der Waals surface area contributed by atoms with Crippen LogP contribution in [0.3, 0.4) is 0 Å². The lowest BCUT2D eigenvalue weighted by atomic mass is 10.1. The van der Waals surface area contributed by atoms with Gasteiger partial charge in [0.1, 0.15) is 0 Å². The maximum absolute atomic E-state index is 13.9. The van der Waals surface area contributed by atoms with Gasteiger partial charge in [-0.25, -0.2) is 13.4 Å². The highest BCUT2D eigenvalue weighted by atomic mass is 35.5. The van der Waals surface area contributed by atoms with E-state index in [1.807, 2.05) is 79.7 Å². The van der Waals surface area contributed by atoms with Crippen LogP contribution in [-0.4, -0.2) is 24.2 Å². The smallest absolute Gasteiger partial charge is 0.236 e. The first kappa shape index (κ1) is 23.0. The van der Waals surface area contributed by atoms with E-state index in [0.717, 1.165) is 22.5 Å². The van der Waals surface area contributed by atoms with Crippen LogP contribution in [0, 0.1) is 0 Å². The van der Waals surface area contributed by atoms with Crippen LogP contribution < -0.4 is 10.7 Å². The van der Waals surface area contributed by atoms with E-state index in [1.165, 1.54) is 6.08 Å². The van der Waals surface area contributed by atoms with E-state index in [1.54, 1.807) is 17.1 Å². The second-order valence-corrected chi connectivity index (χ2v) is 10.6. The SMILES string of the molecule is C=CCS(=O)(=O)C1(Cc2ccccc2)NC(C)=C(c2ccccc2)N1Nc1cccc(Cl)c1. The summed E-state index contributed by atoms with van der Waals surface area (Å²) in [6.07, 6.45) is 1.64. The van der Waals surface area contributed by atoms with Crippen molar-refractivity contribution in [2.45, 2.75) is 18.3 Å². The Labute approximate surface area is 200 Å². The molecule has 1 unspecified atom stereocenters. The first-order valence-electron chi connectivity index (χ1n) is 10.6. The molecule has 0 aromatic heterocycles. The summed E-state index contributed by atoms with van der Waals surface area (Å²) in [7, 11) is -3.76. The first-order chi connectivity index (χ1) is 15.9. The van der Waals surface area contributed by atoms with Gasteiger partial charge in [0.15, 0.2) is 9.84 Å². The van der Waals surface area contributed by atoms with Crippen molar-refractivity contribution in [1.82, 2.24) is 10.3 Å². The lowest BCUT2D eigenvalue weighted by Gasteiger charge is -2.41. The molecule has 33 heavy (non-hydrogen) atoms. The van der Waals surface area contributed by atoms with Gasteiger partial charge in [-0.05, 0) is 30.7 Å². The second-order valence-electron chi connectivity index (χ2n) is 7.94. The van der Waals surface area contributed by atoms with Crippen LogP contribution in [0.4, 0.5) is 5.69 Å². The highest BCUT2D eigenvalue weighted by molar-refractivity contribution is 7.92. The molecule has 1 aliphatic rings. The van der Waals surface area contributed by atoms with Gasteiger partial charge in [-0.3, -0.25) is 5.43 Å². The molecule has 0 saturated heterocycles. The summed E-state index contributed by atoms with van der Waals surface area (Å²) in [6.45, 7) is 5.59. The van der Waals surface area contributed by atoms with Gasteiger partial charge in [-0.15, -0.1) is 6.58 Å². The van der Waals surface area contributed by atoms with Crippen LogP contribution in [0.1, 0.15) is 18.1 Å². The lowest BCUT2D eigenvalue weighted by molar-refractivity contribution is 0.273. The fourth-order valence-corrected chi connectivity index (χ4v) is 6.03. The summed E-state index contributed by atoms with van der Waals surface area (Å²) in [6, 6.07) is 26.5. The Balaban J connectivity index is 1.92. The zero-order chi connectivity index (χ0) is 23.5. The number of rotatable bonds is 8. The van der Waals surface area contributed by atoms with Gasteiger partial charge in [-0.2, -0.15) is 0 Å². The highest BCUT2D eigenvalue weighted by Crippen LogP contribution is 2.41. The number of nitrogens with zero attached hydrogens (tertiary/aromatic N) is 1. The molecule has 3 aromatic carbocycles. The van der Waals surface area contributed by atoms with Crippen LogP contribution >= 0.6 is 11.6 Å². The van der Waals surface area contributed by atoms with E-state index in [9.17, 15) is 8.42 Å². The Morgan fingerprint density at radius 1 is 1.03 bits per heavy atom. The van der Waals surface area contributed by atoms with E-state index in [4.69, 9.17) is 11.6 Å². The number of hydrazine groups is 1. The summed E-state index contributed by atoms with van der Waals surface area (Å²) < 4.78 is 27.8. The van der Waals surface area contributed by atoms with E-state index < -0.39 is 14.8 Å². The lowest BCUT2D eigenvalue weighted by Crippen LogP contribution is -2.62. The third-order valence-electron chi connectivity index (χ3n) is 5.57. The molecule has 1 atom stereocenters. The molecule has 0 radical (unpaired) electrons. The van der Waals surface area contributed by atoms with E-state index in [2.05, 4.69) is 17.3 Å². The molecule has 0 spiro atoms. The summed E-state index contributed by atoms with van der Waals surface area (Å²) in [5.74, 6) is -0.185. The van der Waals surface area contributed by atoms with Crippen LogP contribution in [0.25, 0.3) is 5.70 Å². The van der Waals surface area contributed by atoms with E-state index in [-0.39, 0.29) is 12.2 Å². The minimum atomic E-state index is -3.76. The number of anilines is 1. The number of sulfone groups is 1. The van der Waals surface area contributed by atoms with Gasteiger partial charge in [0, 0.05) is 22.7 Å². The van der Waals surface area contributed by atoms with Crippen molar-refractivity contribution >= 4 is 32.8 Å². The number of nitrogens with one attached hydrogen (secondary N) is 2. The highest BCUT2D eigenvalue weighted by Gasteiger charge is 2.54. The monoisotopic (exact) mass is 479 g/mol. The average molecular weight is 480 g/mol. The summed E-state index contributed by atoms with van der Waals surface area (Å²) in [4.78, 5) is -1.49.